The van der Waals surface area contributed by atoms with Crippen LogP contribution in [0, 0.1) is 0 Å². The number of hydrogen-bond donors (Lipinski definition) is 0. The number of rotatable bonds is 5. The van der Waals surface area contributed by atoms with E-state index in [9.17, 15) is 4.39 Å². The Morgan fingerprint density at radius 2 is 2.26 bits per heavy atom. The summed E-state index contributed by atoms with van der Waals surface area (Å²) in [7, 11) is 3.94. The summed E-state index contributed by atoms with van der Waals surface area (Å²) in [6.45, 7) is 4.38. The number of hydrogen-bond acceptors (Lipinski definition) is 4. The van der Waals surface area contributed by atoms with Crippen LogP contribution < -0.4 is 0 Å². The fourth-order valence-corrected chi connectivity index (χ4v) is 2.63. The summed E-state index contributed by atoms with van der Waals surface area (Å²) in [6.07, 6.45) is 12.6. The van der Waals surface area contributed by atoms with Crippen LogP contribution in [-0.4, -0.2) is 48.4 Å². The van der Waals surface area contributed by atoms with Gasteiger partial charge in [0.2, 0.25) is 5.96 Å². The molecule has 0 bridgehead atoms. The van der Waals surface area contributed by atoms with Crippen LogP contribution in [0.4, 0.5) is 4.39 Å². The number of halogens is 1. The molecule has 2 unspecified atom stereocenters. The average Bonchev–Trinajstić information content (AvgIpc) is 2.76. The first-order valence-electron chi connectivity index (χ1n) is 8.32. The molecule has 0 aromatic rings. The van der Waals surface area contributed by atoms with Crippen molar-refractivity contribution in [1.29, 1.82) is 0 Å². The molecule has 1 aliphatic carbocycles. The highest BCUT2D eigenvalue weighted by atomic mass is 19.1. The Morgan fingerprint density at radius 1 is 1.48 bits per heavy atom. The van der Waals surface area contributed by atoms with Gasteiger partial charge in [0.05, 0.1) is 6.34 Å². The van der Waals surface area contributed by atoms with Crippen molar-refractivity contribution in [2.45, 2.75) is 51.7 Å². The standard InChI is InChI=1S/C18H27FN4/c1-5-6-9-14(2)23(4)18-20-13-22(3)17(21-18)15-10-7-8-11-16(19)12-15/h7-8,10,12-14,17H,5-6,9,11H2,1-4H3. The number of unbranched alkanes of at least 4 members (excludes halogenated alkanes) is 1. The normalized spacial score (nSPS) is 22.2. The maximum Gasteiger partial charge on any atom is 0.224 e. The summed E-state index contributed by atoms with van der Waals surface area (Å²) >= 11 is 0. The SMILES string of the molecule is CCCCC(C)N(C)C1=NC(C2=CC=CCC(F)=C2)N(C)C=N1. The molecule has 0 N–H and O–H groups in total. The largest absolute Gasteiger partial charge is 0.341 e. The smallest absolute Gasteiger partial charge is 0.224 e. The molecule has 1 aliphatic heterocycles. The van der Waals surface area contributed by atoms with E-state index < -0.39 is 0 Å². The van der Waals surface area contributed by atoms with Gasteiger partial charge in [-0.1, -0.05) is 38.0 Å². The van der Waals surface area contributed by atoms with E-state index in [2.05, 4.69) is 23.7 Å². The van der Waals surface area contributed by atoms with Crippen LogP contribution in [0.25, 0.3) is 0 Å². The summed E-state index contributed by atoms with van der Waals surface area (Å²) in [5.41, 5.74) is 0.844. The summed E-state index contributed by atoms with van der Waals surface area (Å²) in [6, 6.07) is 0.380. The minimum Gasteiger partial charge on any atom is -0.341 e. The van der Waals surface area contributed by atoms with Crippen molar-refractivity contribution in [3.8, 4) is 0 Å². The molecule has 1 heterocycles. The number of likely N-dealkylation sites (N-methyl/N-ethyl adjacent to an activating group) is 1. The Morgan fingerprint density at radius 3 is 3.00 bits per heavy atom. The summed E-state index contributed by atoms with van der Waals surface area (Å²) in [5.74, 6) is 0.571. The molecule has 0 amide bonds. The van der Waals surface area contributed by atoms with E-state index in [0.29, 0.717) is 18.4 Å². The van der Waals surface area contributed by atoms with E-state index in [1.54, 1.807) is 12.4 Å². The Balaban J connectivity index is 2.19. The lowest BCUT2D eigenvalue weighted by Crippen LogP contribution is -2.41. The molecular formula is C18H27FN4. The lowest BCUT2D eigenvalue weighted by molar-refractivity contribution is 0.344. The topological polar surface area (TPSA) is 31.2 Å². The Labute approximate surface area is 138 Å². The van der Waals surface area contributed by atoms with Gasteiger partial charge < -0.3 is 9.80 Å². The highest BCUT2D eigenvalue weighted by Gasteiger charge is 2.23. The van der Waals surface area contributed by atoms with Gasteiger partial charge in [0, 0.05) is 26.6 Å². The van der Waals surface area contributed by atoms with Gasteiger partial charge in [-0.05, 0) is 25.0 Å². The molecule has 5 heteroatoms. The quantitative estimate of drug-likeness (QED) is 0.770. The van der Waals surface area contributed by atoms with Gasteiger partial charge in [-0.2, -0.15) is 0 Å². The van der Waals surface area contributed by atoms with Crippen molar-refractivity contribution < 1.29 is 4.39 Å². The van der Waals surface area contributed by atoms with Crippen molar-refractivity contribution in [2.24, 2.45) is 9.98 Å². The fraction of sp³-hybridized carbons (Fsp3) is 0.556. The predicted octanol–water partition coefficient (Wildman–Crippen LogP) is 3.89. The zero-order chi connectivity index (χ0) is 16.8. The lowest BCUT2D eigenvalue weighted by atomic mass is 10.1. The first kappa shape index (κ1) is 17.4. The van der Waals surface area contributed by atoms with Crippen LogP contribution in [0.5, 0.6) is 0 Å². The van der Waals surface area contributed by atoms with Crippen molar-refractivity contribution in [3.05, 3.63) is 35.7 Å². The van der Waals surface area contributed by atoms with Gasteiger partial charge in [0.25, 0.3) is 0 Å². The van der Waals surface area contributed by atoms with E-state index >= 15 is 0 Å². The van der Waals surface area contributed by atoms with E-state index in [-0.39, 0.29) is 12.0 Å². The second kappa shape index (κ2) is 8.09. The Kier molecular flexibility index (Phi) is 6.13. The van der Waals surface area contributed by atoms with Crippen LogP contribution in [0.3, 0.4) is 0 Å². The molecule has 0 saturated carbocycles. The number of guanidine groups is 1. The second-order valence-electron chi connectivity index (χ2n) is 6.21. The third kappa shape index (κ3) is 4.53. The molecule has 0 saturated heterocycles. The van der Waals surface area contributed by atoms with Crippen LogP contribution in [-0.2, 0) is 0 Å². The second-order valence-corrected chi connectivity index (χ2v) is 6.21. The molecule has 0 fully saturated rings. The van der Waals surface area contributed by atoms with Gasteiger partial charge in [0.1, 0.15) is 5.83 Å². The average molecular weight is 318 g/mol. The highest BCUT2D eigenvalue weighted by molar-refractivity contribution is 5.89. The van der Waals surface area contributed by atoms with Crippen molar-refractivity contribution in [1.82, 2.24) is 9.80 Å². The van der Waals surface area contributed by atoms with Crippen molar-refractivity contribution in [2.75, 3.05) is 14.1 Å². The maximum atomic E-state index is 13.8. The summed E-state index contributed by atoms with van der Waals surface area (Å²) in [5, 5.41) is 0. The molecule has 0 aromatic carbocycles. The number of nitrogens with zero attached hydrogens (tertiary/aromatic N) is 4. The van der Waals surface area contributed by atoms with Crippen LogP contribution in [0.1, 0.15) is 39.5 Å². The van der Waals surface area contributed by atoms with E-state index in [4.69, 9.17) is 4.99 Å². The fourth-order valence-electron chi connectivity index (χ4n) is 2.63. The minimum atomic E-state index is -0.239. The Bertz CT molecular complexity index is 559. The molecule has 2 rings (SSSR count). The molecule has 4 nitrogen and oxygen atoms in total. The van der Waals surface area contributed by atoms with Gasteiger partial charge in [-0.25, -0.2) is 14.4 Å². The van der Waals surface area contributed by atoms with E-state index in [1.165, 1.54) is 12.8 Å². The predicted molar refractivity (Wildman–Crippen MR) is 95.3 cm³/mol. The van der Waals surface area contributed by atoms with Gasteiger partial charge >= 0.3 is 0 Å². The summed E-state index contributed by atoms with van der Waals surface area (Å²) < 4.78 is 13.8. The van der Waals surface area contributed by atoms with Crippen molar-refractivity contribution in [3.63, 3.8) is 0 Å². The van der Waals surface area contributed by atoms with E-state index in [0.717, 1.165) is 12.0 Å². The first-order valence-corrected chi connectivity index (χ1v) is 8.32. The third-order valence-corrected chi connectivity index (χ3v) is 4.29. The number of aliphatic imine (C=N–C) groups is 2. The molecule has 126 valence electrons. The van der Waals surface area contributed by atoms with Crippen LogP contribution >= 0.6 is 0 Å². The van der Waals surface area contributed by atoms with Gasteiger partial charge in [-0.3, -0.25) is 0 Å². The first-order chi connectivity index (χ1) is 11.0. The monoisotopic (exact) mass is 318 g/mol. The van der Waals surface area contributed by atoms with Crippen LogP contribution in [0.15, 0.2) is 45.7 Å². The molecule has 0 aromatic heterocycles. The molecule has 2 aliphatic rings. The van der Waals surface area contributed by atoms with Crippen LogP contribution in [0.2, 0.25) is 0 Å². The zero-order valence-electron chi connectivity index (χ0n) is 14.5. The molecule has 0 radical (unpaired) electrons. The molecular weight excluding hydrogens is 291 g/mol. The summed E-state index contributed by atoms with van der Waals surface area (Å²) in [4.78, 5) is 13.2. The minimum absolute atomic E-state index is 0.137. The van der Waals surface area contributed by atoms with Crippen molar-refractivity contribution >= 4 is 12.3 Å². The van der Waals surface area contributed by atoms with Gasteiger partial charge in [-0.15, -0.1) is 0 Å². The molecule has 23 heavy (non-hydrogen) atoms. The Hall–Kier alpha value is -1.91. The van der Waals surface area contributed by atoms with Gasteiger partial charge in [0.15, 0.2) is 6.17 Å². The third-order valence-electron chi connectivity index (χ3n) is 4.29. The van der Waals surface area contributed by atoms with E-state index in [1.807, 2.05) is 37.2 Å². The molecule has 0 spiro atoms. The molecule has 2 atom stereocenters. The lowest BCUT2D eigenvalue weighted by Gasteiger charge is -2.32. The zero-order valence-corrected chi connectivity index (χ0v) is 14.5. The maximum absolute atomic E-state index is 13.8. The number of allylic oxidation sites excluding steroid dienone is 4. The highest BCUT2D eigenvalue weighted by Crippen LogP contribution is 2.22.